The minimum atomic E-state index is -0.254. The third-order valence-corrected chi connectivity index (χ3v) is 3.33. The van der Waals surface area contributed by atoms with Gasteiger partial charge < -0.3 is 14.4 Å². The van der Waals surface area contributed by atoms with E-state index in [2.05, 4.69) is 19.7 Å². The van der Waals surface area contributed by atoms with Crippen molar-refractivity contribution in [2.24, 2.45) is 0 Å². The highest BCUT2D eigenvalue weighted by molar-refractivity contribution is 5.70. The van der Waals surface area contributed by atoms with E-state index in [1.54, 1.807) is 10.7 Å². The normalized spacial score (nSPS) is 19.2. The van der Waals surface area contributed by atoms with Crippen molar-refractivity contribution in [1.29, 1.82) is 0 Å². The molecule has 20 heavy (non-hydrogen) atoms. The van der Waals surface area contributed by atoms with Crippen molar-refractivity contribution in [2.45, 2.75) is 12.5 Å². The molecule has 106 valence electrons. The summed E-state index contributed by atoms with van der Waals surface area (Å²) in [6.07, 6.45) is 3.70. The molecule has 1 unspecified atom stereocenters. The van der Waals surface area contributed by atoms with Crippen LogP contribution >= 0.6 is 0 Å². The molecule has 3 heterocycles. The maximum atomic E-state index is 11.3. The first-order valence-electron chi connectivity index (χ1n) is 6.50. The van der Waals surface area contributed by atoms with Crippen LogP contribution in [-0.4, -0.2) is 53.5 Å². The fourth-order valence-electron chi connectivity index (χ4n) is 2.30. The number of carbonyl (C=O) groups is 1. The Bertz CT molecular complexity index is 612. The smallest absolute Gasteiger partial charge is 0.308 e. The highest BCUT2D eigenvalue weighted by atomic mass is 16.5. The predicted molar refractivity (Wildman–Crippen MR) is 71.6 cm³/mol. The number of hydrogen-bond donors (Lipinski definition) is 0. The van der Waals surface area contributed by atoms with Gasteiger partial charge in [-0.2, -0.15) is 5.10 Å². The first-order valence-corrected chi connectivity index (χ1v) is 6.50. The number of rotatable bonds is 3. The molecule has 1 atom stereocenters. The zero-order valence-corrected chi connectivity index (χ0v) is 11.2. The summed E-state index contributed by atoms with van der Waals surface area (Å²) < 4.78 is 12.0. The van der Waals surface area contributed by atoms with E-state index in [1.165, 1.54) is 7.11 Å². The Morgan fingerprint density at radius 3 is 3.30 bits per heavy atom. The predicted octanol–water partition coefficient (Wildman–Crippen LogP) is 0.498. The van der Waals surface area contributed by atoms with Crippen molar-refractivity contribution >= 4 is 17.4 Å². The zero-order valence-electron chi connectivity index (χ0n) is 11.2. The summed E-state index contributed by atoms with van der Waals surface area (Å²) in [4.78, 5) is 18.0. The van der Waals surface area contributed by atoms with Crippen LogP contribution in [0, 0.1) is 0 Å². The number of aromatic nitrogens is 3. The van der Waals surface area contributed by atoms with E-state index in [4.69, 9.17) is 4.74 Å². The van der Waals surface area contributed by atoms with E-state index in [-0.39, 0.29) is 18.5 Å². The number of morpholine rings is 1. The lowest BCUT2D eigenvalue weighted by atomic mass is 10.2. The topological polar surface area (TPSA) is 69.0 Å². The second kappa shape index (κ2) is 5.46. The van der Waals surface area contributed by atoms with Gasteiger partial charge in [-0.3, -0.25) is 4.79 Å². The Morgan fingerprint density at radius 1 is 1.55 bits per heavy atom. The maximum Gasteiger partial charge on any atom is 0.308 e. The lowest BCUT2D eigenvalue weighted by Gasteiger charge is -2.33. The minimum absolute atomic E-state index is 0.154. The summed E-state index contributed by atoms with van der Waals surface area (Å²) in [5.74, 6) is 0.618. The molecule has 0 amide bonds. The van der Waals surface area contributed by atoms with Crippen molar-refractivity contribution in [3.8, 4) is 0 Å². The van der Waals surface area contributed by atoms with Crippen LogP contribution in [0.25, 0.3) is 5.65 Å². The standard InChI is InChI=1S/C13H16N4O3/c1-19-13(18)8-10-9-16(6-7-20-10)11-3-5-17-12(15-11)2-4-14-17/h2-5,10H,6-9H2,1H3. The van der Waals surface area contributed by atoms with E-state index >= 15 is 0 Å². The van der Waals surface area contributed by atoms with Crippen molar-refractivity contribution in [3.63, 3.8) is 0 Å². The second-order valence-corrected chi connectivity index (χ2v) is 4.64. The SMILES string of the molecule is COC(=O)CC1CN(c2ccn3nccc3n2)CCO1. The maximum absolute atomic E-state index is 11.3. The molecule has 0 aromatic carbocycles. The van der Waals surface area contributed by atoms with E-state index in [0.717, 1.165) is 18.0 Å². The summed E-state index contributed by atoms with van der Waals surface area (Å²) in [5.41, 5.74) is 0.804. The van der Waals surface area contributed by atoms with Gasteiger partial charge in [-0.15, -0.1) is 0 Å². The van der Waals surface area contributed by atoms with Crippen LogP contribution in [-0.2, 0) is 14.3 Å². The molecule has 0 spiro atoms. The van der Waals surface area contributed by atoms with E-state index in [1.807, 2.05) is 18.3 Å². The molecule has 2 aromatic rings. The molecule has 3 rings (SSSR count). The Balaban J connectivity index is 1.73. The van der Waals surface area contributed by atoms with Crippen LogP contribution in [0.5, 0.6) is 0 Å². The molecule has 1 aliphatic rings. The van der Waals surface area contributed by atoms with Gasteiger partial charge in [-0.1, -0.05) is 0 Å². The first kappa shape index (κ1) is 12.9. The van der Waals surface area contributed by atoms with Gasteiger partial charge in [0.2, 0.25) is 0 Å². The number of nitrogens with zero attached hydrogens (tertiary/aromatic N) is 4. The van der Waals surface area contributed by atoms with Gasteiger partial charge in [0.05, 0.1) is 32.4 Å². The fourth-order valence-corrected chi connectivity index (χ4v) is 2.30. The molecular formula is C13H16N4O3. The molecule has 0 bridgehead atoms. The Labute approximate surface area is 116 Å². The summed E-state index contributed by atoms with van der Waals surface area (Å²) >= 11 is 0. The monoisotopic (exact) mass is 276 g/mol. The summed E-state index contributed by atoms with van der Waals surface area (Å²) in [5, 5.41) is 4.12. The minimum Gasteiger partial charge on any atom is -0.469 e. The second-order valence-electron chi connectivity index (χ2n) is 4.64. The molecule has 7 heteroatoms. The third kappa shape index (κ3) is 2.57. The van der Waals surface area contributed by atoms with Gasteiger partial charge in [0, 0.05) is 25.4 Å². The van der Waals surface area contributed by atoms with Gasteiger partial charge in [-0.25, -0.2) is 9.50 Å². The average Bonchev–Trinajstić information content (AvgIpc) is 2.94. The van der Waals surface area contributed by atoms with Crippen LogP contribution in [0.3, 0.4) is 0 Å². The van der Waals surface area contributed by atoms with Gasteiger partial charge >= 0.3 is 5.97 Å². The summed E-state index contributed by atoms with van der Waals surface area (Å²) in [6, 6.07) is 3.77. The molecule has 7 nitrogen and oxygen atoms in total. The Hall–Kier alpha value is -2.15. The molecule has 0 N–H and O–H groups in total. The lowest BCUT2D eigenvalue weighted by Crippen LogP contribution is -2.43. The van der Waals surface area contributed by atoms with Crippen LogP contribution in [0.15, 0.2) is 24.5 Å². The zero-order chi connectivity index (χ0) is 13.9. The van der Waals surface area contributed by atoms with Gasteiger partial charge in [0.15, 0.2) is 5.65 Å². The molecule has 0 radical (unpaired) electrons. The van der Waals surface area contributed by atoms with Crippen molar-refractivity contribution < 1.29 is 14.3 Å². The summed E-state index contributed by atoms with van der Waals surface area (Å²) in [7, 11) is 1.39. The van der Waals surface area contributed by atoms with Crippen LogP contribution < -0.4 is 4.90 Å². The third-order valence-electron chi connectivity index (χ3n) is 3.33. The molecule has 0 aliphatic carbocycles. The van der Waals surface area contributed by atoms with Crippen LogP contribution in [0.2, 0.25) is 0 Å². The number of ether oxygens (including phenoxy) is 2. The quantitative estimate of drug-likeness (QED) is 0.760. The lowest BCUT2D eigenvalue weighted by molar-refractivity contribution is -0.144. The van der Waals surface area contributed by atoms with E-state index in [0.29, 0.717) is 13.2 Å². The van der Waals surface area contributed by atoms with Gasteiger partial charge in [0.25, 0.3) is 0 Å². The highest BCUT2D eigenvalue weighted by Crippen LogP contribution is 2.17. The first-order chi connectivity index (χ1) is 9.76. The van der Waals surface area contributed by atoms with E-state index < -0.39 is 0 Å². The number of fused-ring (bicyclic) bond motifs is 1. The molecule has 0 saturated carbocycles. The molecule has 1 fully saturated rings. The van der Waals surface area contributed by atoms with Crippen molar-refractivity contribution in [2.75, 3.05) is 31.7 Å². The number of hydrogen-bond acceptors (Lipinski definition) is 6. The summed E-state index contributed by atoms with van der Waals surface area (Å²) in [6.45, 7) is 1.97. The average molecular weight is 276 g/mol. The van der Waals surface area contributed by atoms with Crippen LogP contribution in [0.4, 0.5) is 5.82 Å². The van der Waals surface area contributed by atoms with Crippen LogP contribution in [0.1, 0.15) is 6.42 Å². The Morgan fingerprint density at radius 2 is 2.45 bits per heavy atom. The number of carbonyl (C=O) groups excluding carboxylic acids is 1. The van der Waals surface area contributed by atoms with Gasteiger partial charge in [-0.05, 0) is 6.07 Å². The number of methoxy groups -OCH3 is 1. The van der Waals surface area contributed by atoms with Gasteiger partial charge in [0.1, 0.15) is 5.82 Å². The Kier molecular flexibility index (Phi) is 3.51. The highest BCUT2D eigenvalue weighted by Gasteiger charge is 2.24. The largest absolute Gasteiger partial charge is 0.469 e. The molecule has 2 aromatic heterocycles. The fraction of sp³-hybridized carbons (Fsp3) is 0.462. The number of anilines is 1. The van der Waals surface area contributed by atoms with E-state index in [9.17, 15) is 4.79 Å². The number of esters is 1. The van der Waals surface area contributed by atoms with Crippen molar-refractivity contribution in [1.82, 2.24) is 14.6 Å². The van der Waals surface area contributed by atoms with Crippen molar-refractivity contribution in [3.05, 3.63) is 24.5 Å². The molecular weight excluding hydrogens is 260 g/mol. The molecule has 1 saturated heterocycles. The molecule has 1 aliphatic heterocycles.